The predicted octanol–water partition coefficient (Wildman–Crippen LogP) is 4.21. The SMILES string of the molecule is CC(C)n1cc(N)cc1C(=O)Nc1ccc(Cl)cc1Cl. The maximum Gasteiger partial charge on any atom is 0.272 e. The number of hydrogen-bond acceptors (Lipinski definition) is 2. The molecular formula is C14H15Cl2N3O. The van der Waals surface area contributed by atoms with E-state index in [0.29, 0.717) is 27.1 Å². The molecule has 20 heavy (non-hydrogen) atoms. The lowest BCUT2D eigenvalue weighted by Gasteiger charge is -2.13. The standard InChI is InChI=1S/C14H15Cl2N3O/c1-8(2)19-7-10(17)6-13(19)14(20)18-12-4-3-9(15)5-11(12)16/h3-8H,17H2,1-2H3,(H,18,20). The van der Waals surface area contributed by atoms with Gasteiger partial charge in [-0.15, -0.1) is 0 Å². The number of halogens is 2. The Morgan fingerprint density at radius 2 is 2.00 bits per heavy atom. The largest absolute Gasteiger partial charge is 0.397 e. The van der Waals surface area contributed by atoms with Gasteiger partial charge in [0.15, 0.2) is 0 Å². The van der Waals surface area contributed by atoms with Gasteiger partial charge in [-0.1, -0.05) is 23.2 Å². The Morgan fingerprint density at radius 1 is 1.30 bits per heavy atom. The van der Waals surface area contributed by atoms with E-state index in [2.05, 4.69) is 5.32 Å². The van der Waals surface area contributed by atoms with E-state index in [1.54, 1.807) is 30.5 Å². The van der Waals surface area contributed by atoms with E-state index < -0.39 is 0 Å². The molecule has 1 heterocycles. The Labute approximate surface area is 127 Å². The summed E-state index contributed by atoms with van der Waals surface area (Å²) in [5.74, 6) is -0.264. The van der Waals surface area contributed by atoms with Gasteiger partial charge in [0.25, 0.3) is 5.91 Å². The van der Waals surface area contributed by atoms with Crippen molar-refractivity contribution in [3.05, 3.63) is 46.2 Å². The molecule has 1 aromatic carbocycles. The first kappa shape index (κ1) is 14.8. The molecule has 2 aromatic rings. The zero-order valence-corrected chi connectivity index (χ0v) is 12.7. The number of carbonyl (C=O) groups is 1. The van der Waals surface area contributed by atoms with E-state index in [-0.39, 0.29) is 11.9 Å². The van der Waals surface area contributed by atoms with Crippen LogP contribution in [0.15, 0.2) is 30.5 Å². The molecule has 0 atom stereocenters. The minimum atomic E-state index is -0.264. The molecule has 0 unspecified atom stereocenters. The van der Waals surface area contributed by atoms with Crippen LogP contribution in [-0.2, 0) is 0 Å². The zero-order chi connectivity index (χ0) is 14.9. The van der Waals surface area contributed by atoms with Crippen molar-refractivity contribution in [2.24, 2.45) is 0 Å². The quantitative estimate of drug-likeness (QED) is 0.892. The molecule has 106 valence electrons. The van der Waals surface area contributed by atoms with Crippen LogP contribution in [0.5, 0.6) is 0 Å². The van der Waals surface area contributed by atoms with Gasteiger partial charge in [0.1, 0.15) is 5.69 Å². The topological polar surface area (TPSA) is 60.0 Å². The summed E-state index contributed by atoms with van der Waals surface area (Å²) >= 11 is 11.9. The molecule has 0 aliphatic heterocycles. The fourth-order valence-electron chi connectivity index (χ4n) is 1.89. The Hall–Kier alpha value is -1.65. The summed E-state index contributed by atoms with van der Waals surface area (Å²) in [5.41, 5.74) is 7.30. The number of amides is 1. The van der Waals surface area contributed by atoms with Gasteiger partial charge in [-0.3, -0.25) is 4.79 Å². The molecule has 0 fully saturated rings. The number of benzene rings is 1. The Bertz CT molecular complexity index is 650. The highest BCUT2D eigenvalue weighted by Gasteiger charge is 2.16. The molecule has 0 saturated carbocycles. The monoisotopic (exact) mass is 311 g/mol. The lowest BCUT2D eigenvalue weighted by molar-refractivity contribution is 0.101. The van der Waals surface area contributed by atoms with Crippen LogP contribution in [0.1, 0.15) is 30.4 Å². The first-order valence-electron chi connectivity index (χ1n) is 6.12. The first-order valence-corrected chi connectivity index (χ1v) is 6.88. The van der Waals surface area contributed by atoms with Crippen LogP contribution in [0, 0.1) is 0 Å². The highest BCUT2D eigenvalue weighted by atomic mass is 35.5. The molecule has 0 aliphatic rings. The number of rotatable bonds is 3. The van der Waals surface area contributed by atoms with Crippen molar-refractivity contribution in [2.45, 2.75) is 19.9 Å². The summed E-state index contributed by atoms with van der Waals surface area (Å²) in [6.07, 6.45) is 1.74. The van der Waals surface area contributed by atoms with Crippen molar-refractivity contribution in [3.63, 3.8) is 0 Å². The zero-order valence-electron chi connectivity index (χ0n) is 11.2. The van der Waals surface area contributed by atoms with E-state index in [1.165, 1.54) is 0 Å². The van der Waals surface area contributed by atoms with E-state index in [0.717, 1.165) is 0 Å². The Kier molecular flexibility index (Phi) is 4.26. The first-order chi connectivity index (χ1) is 9.38. The fraction of sp³-hybridized carbons (Fsp3) is 0.214. The van der Waals surface area contributed by atoms with E-state index in [1.807, 2.05) is 18.4 Å². The van der Waals surface area contributed by atoms with Crippen molar-refractivity contribution in [1.29, 1.82) is 0 Å². The maximum absolute atomic E-state index is 12.3. The van der Waals surface area contributed by atoms with Crippen molar-refractivity contribution < 1.29 is 4.79 Å². The molecule has 4 nitrogen and oxygen atoms in total. The molecule has 6 heteroatoms. The highest BCUT2D eigenvalue weighted by Crippen LogP contribution is 2.26. The molecule has 0 radical (unpaired) electrons. The number of hydrogen-bond donors (Lipinski definition) is 2. The molecule has 3 N–H and O–H groups in total. The summed E-state index contributed by atoms with van der Waals surface area (Å²) < 4.78 is 1.81. The second-order valence-corrected chi connectivity index (χ2v) is 5.58. The summed E-state index contributed by atoms with van der Waals surface area (Å²) in [5, 5.41) is 3.66. The number of nitrogen functional groups attached to an aromatic ring is 1. The van der Waals surface area contributed by atoms with E-state index in [4.69, 9.17) is 28.9 Å². The van der Waals surface area contributed by atoms with Crippen LogP contribution < -0.4 is 11.1 Å². The van der Waals surface area contributed by atoms with Crippen molar-refractivity contribution in [2.75, 3.05) is 11.1 Å². The fourth-order valence-corrected chi connectivity index (χ4v) is 2.34. The number of anilines is 2. The van der Waals surface area contributed by atoms with Crippen molar-refractivity contribution in [3.8, 4) is 0 Å². The third-order valence-electron chi connectivity index (χ3n) is 2.84. The molecule has 1 amide bonds. The van der Waals surface area contributed by atoms with Gasteiger partial charge in [-0.2, -0.15) is 0 Å². The van der Waals surface area contributed by atoms with E-state index >= 15 is 0 Å². The third-order valence-corrected chi connectivity index (χ3v) is 3.39. The van der Waals surface area contributed by atoms with Crippen LogP contribution in [0.2, 0.25) is 10.0 Å². The second-order valence-electron chi connectivity index (χ2n) is 4.74. The molecule has 0 aliphatic carbocycles. The number of carbonyl (C=O) groups excluding carboxylic acids is 1. The number of nitrogens with one attached hydrogen (secondary N) is 1. The molecule has 0 spiro atoms. The summed E-state index contributed by atoms with van der Waals surface area (Å²) in [7, 11) is 0. The number of aromatic nitrogens is 1. The molecule has 2 rings (SSSR count). The minimum Gasteiger partial charge on any atom is -0.397 e. The Morgan fingerprint density at radius 3 is 2.60 bits per heavy atom. The van der Waals surface area contributed by atoms with Gasteiger partial charge < -0.3 is 15.6 Å². The van der Waals surface area contributed by atoms with Crippen molar-refractivity contribution in [1.82, 2.24) is 4.57 Å². The number of nitrogens with two attached hydrogens (primary N) is 1. The average molecular weight is 312 g/mol. The lowest BCUT2D eigenvalue weighted by Crippen LogP contribution is -2.17. The van der Waals surface area contributed by atoms with E-state index in [9.17, 15) is 4.79 Å². The van der Waals surface area contributed by atoms with Gasteiger partial charge in [0.05, 0.1) is 16.4 Å². The van der Waals surface area contributed by atoms with Crippen LogP contribution >= 0.6 is 23.2 Å². The summed E-state index contributed by atoms with van der Waals surface area (Å²) in [4.78, 5) is 12.3. The van der Waals surface area contributed by atoms with Gasteiger partial charge in [-0.05, 0) is 38.1 Å². The summed E-state index contributed by atoms with van der Waals surface area (Å²) in [6, 6.07) is 6.68. The highest BCUT2D eigenvalue weighted by molar-refractivity contribution is 6.36. The van der Waals surface area contributed by atoms with Crippen molar-refractivity contribution >= 4 is 40.5 Å². The van der Waals surface area contributed by atoms with Crippen LogP contribution in [0.25, 0.3) is 0 Å². The molecule has 0 saturated heterocycles. The maximum atomic E-state index is 12.3. The van der Waals surface area contributed by atoms with Gasteiger partial charge in [-0.25, -0.2) is 0 Å². The molecule has 0 bridgehead atoms. The molecular weight excluding hydrogens is 297 g/mol. The molecule has 1 aromatic heterocycles. The van der Waals surface area contributed by atoms with Crippen LogP contribution in [0.3, 0.4) is 0 Å². The lowest BCUT2D eigenvalue weighted by atomic mass is 10.3. The normalized spacial score (nSPS) is 10.8. The van der Waals surface area contributed by atoms with Crippen LogP contribution in [0.4, 0.5) is 11.4 Å². The van der Waals surface area contributed by atoms with Gasteiger partial charge >= 0.3 is 0 Å². The summed E-state index contributed by atoms with van der Waals surface area (Å²) in [6.45, 7) is 3.96. The second kappa shape index (κ2) is 5.77. The van der Waals surface area contributed by atoms with Crippen LogP contribution in [-0.4, -0.2) is 10.5 Å². The smallest absolute Gasteiger partial charge is 0.272 e. The van der Waals surface area contributed by atoms with Gasteiger partial charge in [0, 0.05) is 17.3 Å². The Balaban J connectivity index is 2.28. The predicted molar refractivity (Wildman–Crippen MR) is 83.6 cm³/mol. The third kappa shape index (κ3) is 3.08. The average Bonchev–Trinajstić information content (AvgIpc) is 2.75. The number of nitrogens with zero attached hydrogens (tertiary/aromatic N) is 1. The van der Waals surface area contributed by atoms with Gasteiger partial charge in [0.2, 0.25) is 0 Å². The minimum absolute atomic E-state index is 0.133.